The quantitative estimate of drug-likeness (QED) is 0.601. The molecule has 2 aromatic carbocycles. The molecule has 0 unspecified atom stereocenters. The van der Waals surface area contributed by atoms with Gasteiger partial charge in [0.15, 0.2) is 5.41 Å². The second-order valence-electron chi connectivity index (χ2n) is 6.52. The Labute approximate surface area is 158 Å². The topological polar surface area (TPSA) is 76.4 Å². The van der Waals surface area contributed by atoms with Crippen LogP contribution < -0.4 is 0 Å². The number of benzene rings is 2. The Hall–Kier alpha value is -3.13. The number of carbonyl (C=O) groups excluding carboxylic acids is 2. The number of ether oxygens (including phenoxy) is 2. The van der Waals surface area contributed by atoms with Crippen molar-refractivity contribution >= 4 is 11.9 Å². The van der Waals surface area contributed by atoms with Gasteiger partial charge in [-0.05, 0) is 61.1 Å². The molecule has 0 aliphatic heterocycles. The number of fused-ring (bicyclic) bond motifs is 1. The van der Waals surface area contributed by atoms with Crippen LogP contribution in [0.2, 0.25) is 0 Å². The molecular weight excluding hydrogens is 342 g/mol. The van der Waals surface area contributed by atoms with Gasteiger partial charge in [-0.1, -0.05) is 30.3 Å². The highest BCUT2D eigenvalue weighted by Gasteiger charge is 2.53. The van der Waals surface area contributed by atoms with Gasteiger partial charge >= 0.3 is 11.9 Å². The van der Waals surface area contributed by atoms with Crippen molar-refractivity contribution in [1.82, 2.24) is 0 Å². The number of carbonyl (C=O) groups is 2. The summed E-state index contributed by atoms with van der Waals surface area (Å²) in [6.07, 6.45) is 0.398. The van der Waals surface area contributed by atoms with E-state index < -0.39 is 17.4 Å². The Morgan fingerprint density at radius 2 is 1.56 bits per heavy atom. The summed E-state index contributed by atoms with van der Waals surface area (Å²) in [4.78, 5) is 25.3. The zero-order chi connectivity index (χ0) is 19.4. The number of nitrogens with zero attached hydrogens (tertiary/aromatic N) is 1. The normalized spacial score (nSPS) is 14.1. The van der Waals surface area contributed by atoms with Crippen molar-refractivity contribution in [3.05, 3.63) is 59.2 Å². The van der Waals surface area contributed by atoms with Crippen molar-refractivity contribution in [3.63, 3.8) is 0 Å². The van der Waals surface area contributed by atoms with Crippen LogP contribution in [0.4, 0.5) is 0 Å². The molecule has 0 fully saturated rings. The summed E-state index contributed by atoms with van der Waals surface area (Å²) < 4.78 is 10.4. The number of nitriles is 1. The lowest BCUT2D eigenvalue weighted by molar-refractivity contribution is -0.171. The van der Waals surface area contributed by atoms with E-state index >= 15 is 0 Å². The predicted molar refractivity (Wildman–Crippen MR) is 99.7 cm³/mol. The van der Waals surface area contributed by atoms with Gasteiger partial charge in [0.2, 0.25) is 0 Å². The first-order valence-electron chi connectivity index (χ1n) is 9.01. The Morgan fingerprint density at radius 3 is 2.07 bits per heavy atom. The summed E-state index contributed by atoms with van der Waals surface area (Å²) in [7, 11) is 0. The van der Waals surface area contributed by atoms with Gasteiger partial charge in [0.05, 0.1) is 24.8 Å². The first-order chi connectivity index (χ1) is 13.1. The lowest BCUT2D eigenvalue weighted by atomic mass is 9.84. The Bertz CT molecular complexity index is 894. The summed E-state index contributed by atoms with van der Waals surface area (Å²) >= 11 is 0. The SMILES string of the molecule is CCOC(=O)C1(C(=O)OCC)Cc2cc(C#N)c(-c3ccccc3)cc2C1. The molecule has 5 nitrogen and oxygen atoms in total. The first-order valence-corrected chi connectivity index (χ1v) is 9.01. The summed E-state index contributed by atoms with van der Waals surface area (Å²) in [6.45, 7) is 3.80. The van der Waals surface area contributed by atoms with Crippen LogP contribution in [-0.4, -0.2) is 25.2 Å². The monoisotopic (exact) mass is 363 g/mol. The second kappa shape index (κ2) is 7.63. The Balaban J connectivity index is 2.07. The zero-order valence-electron chi connectivity index (χ0n) is 15.5. The maximum atomic E-state index is 12.7. The molecule has 5 heteroatoms. The van der Waals surface area contributed by atoms with Crippen LogP contribution in [0.15, 0.2) is 42.5 Å². The van der Waals surface area contributed by atoms with Crippen LogP contribution in [0.5, 0.6) is 0 Å². The molecule has 0 N–H and O–H groups in total. The molecule has 0 saturated heterocycles. The highest BCUT2D eigenvalue weighted by atomic mass is 16.6. The van der Waals surface area contributed by atoms with Crippen LogP contribution in [-0.2, 0) is 31.9 Å². The average Bonchev–Trinajstić information content (AvgIpc) is 3.08. The summed E-state index contributed by atoms with van der Waals surface area (Å²) in [5.41, 5.74) is 2.53. The van der Waals surface area contributed by atoms with Gasteiger partial charge in [0.1, 0.15) is 0 Å². The highest BCUT2D eigenvalue weighted by molar-refractivity contribution is 6.01. The van der Waals surface area contributed by atoms with E-state index in [1.807, 2.05) is 36.4 Å². The maximum Gasteiger partial charge on any atom is 0.324 e. The molecule has 0 atom stereocenters. The summed E-state index contributed by atoms with van der Waals surface area (Å²) in [5, 5.41) is 9.59. The number of rotatable bonds is 5. The van der Waals surface area contributed by atoms with Gasteiger partial charge in [0.25, 0.3) is 0 Å². The molecule has 0 bridgehead atoms. The van der Waals surface area contributed by atoms with E-state index in [1.165, 1.54) is 0 Å². The van der Waals surface area contributed by atoms with Crippen LogP contribution in [0.25, 0.3) is 11.1 Å². The lowest BCUT2D eigenvalue weighted by Crippen LogP contribution is -2.43. The van der Waals surface area contributed by atoms with E-state index in [-0.39, 0.29) is 26.1 Å². The molecule has 2 aromatic rings. The zero-order valence-corrected chi connectivity index (χ0v) is 15.5. The van der Waals surface area contributed by atoms with Crippen molar-refractivity contribution in [2.45, 2.75) is 26.7 Å². The Morgan fingerprint density at radius 1 is 1.00 bits per heavy atom. The molecule has 0 radical (unpaired) electrons. The van der Waals surface area contributed by atoms with Gasteiger partial charge in [-0.25, -0.2) is 0 Å². The maximum absolute atomic E-state index is 12.7. The molecule has 0 aromatic heterocycles. The van der Waals surface area contributed by atoms with E-state index in [4.69, 9.17) is 9.47 Å². The fraction of sp³-hybridized carbons (Fsp3) is 0.318. The van der Waals surface area contributed by atoms with Crippen molar-refractivity contribution in [3.8, 4) is 17.2 Å². The minimum atomic E-state index is -1.38. The van der Waals surface area contributed by atoms with E-state index in [1.54, 1.807) is 19.9 Å². The van der Waals surface area contributed by atoms with Crippen LogP contribution in [0, 0.1) is 16.7 Å². The minimum Gasteiger partial charge on any atom is -0.465 e. The molecule has 0 amide bonds. The minimum absolute atomic E-state index is 0.184. The molecule has 1 aliphatic rings. The third kappa shape index (κ3) is 3.31. The largest absolute Gasteiger partial charge is 0.465 e. The molecule has 138 valence electrons. The number of hydrogen-bond acceptors (Lipinski definition) is 5. The van der Waals surface area contributed by atoms with Crippen LogP contribution >= 0.6 is 0 Å². The van der Waals surface area contributed by atoms with Crippen LogP contribution in [0.1, 0.15) is 30.5 Å². The van der Waals surface area contributed by atoms with Gasteiger partial charge in [-0.2, -0.15) is 5.26 Å². The third-order valence-corrected chi connectivity index (χ3v) is 4.86. The van der Waals surface area contributed by atoms with Crippen LogP contribution in [0.3, 0.4) is 0 Å². The highest BCUT2D eigenvalue weighted by Crippen LogP contribution is 2.42. The summed E-state index contributed by atoms with van der Waals surface area (Å²) in [5.74, 6) is -1.14. The predicted octanol–water partition coefficient (Wildman–Crippen LogP) is 3.44. The fourth-order valence-electron chi connectivity index (χ4n) is 3.59. The second-order valence-corrected chi connectivity index (χ2v) is 6.52. The molecule has 3 rings (SSSR count). The number of esters is 2. The van der Waals surface area contributed by atoms with Gasteiger partial charge in [-0.3, -0.25) is 9.59 Å². The lowest BCUT2D eigenvalue weighted by Gasteiger charge is -2.23. The first kappa shape index (κ1) is 18.7. The van der Waals surface area contributed by atoms with E-state index in [0.29, 0.717) is 5.56 Å². The molecule has 1 aliphatic carbocycles. The van der Waals surface area contributed by atoms with Gasteiger partial charge in [0, 0.05) is 0 Å². The van der Waals surface area contributed by atoms with Crippen molar-refractivity contribution < 1.29 is 19.1 Å². The van der Waals surface area contributed by atoms with Gasteiger partial charge in [-0.15, -0.1) is 0 Å². The summed E-state index contributed by atoms with van der Waals surface area (Å²) in [6, 6.07) is 15.5. The number of hydrogen-bond donors (Lipinski definition) is 0. The van der Waals surface area contributed by atoms with Gasteiger partial charge < -0.3 is 9.47 Å². The van der Waals surface area contributed by atoms with E-state index in [0.717, 1.165) is 22.3 Å². The third-order valence-electron chi connectivity index (χ3n) is 4.86. The molecule has 27 heavy (non-hydrogen) atoms. The Kier molecular flexibility index (Phi) is 5.27. The van der Waals surface area contributed by atoms with Crippen molar-refractivity contribution in [2.24, 2.45) is 5.41 Å². The van der Waals surface area contributed by atoms with E-state index in [9.17, 15) is 14.9 Å². The van der Waals surface area contributed by atoms with Crippen molar-refractivity contribution in [2.75, 3.05) is 13.2 Å². The molecule has 0 saturated carbocycles. The standard InChI is InChI=1S/C22H21NO4/c1-3-26-20(24)22(21(25)27-4-2)12-16-10-18(14-23)19(11-17(16)13-22)15-8-6-5-7-9-15/h5-11H,3-4,12-13H2,1-2H3. The molecular formula is C22H21NO4. The average molecular weight is 363 g/mol. The molecule has 0 spiro atoms. The van der Waals surface area contributed by atoms with Crippen molar-refractivity contribution in [1.29, 1.82) is 5.26 Å². The van der Waals surface area contributed by atoms with E-state index in [2.05, 4.69) is 6.07 Å². The fourth-order valence-corrected chi connectivity index (χ4v) is 3.59. The smallest absolute Gasteiger partial charge is 0.324 e. The molecule has 0 heterocycles.